The van der Waals surface area contributed by atoms with Crippen molar-refractivity contribution < 1.29 is 14.0 Å². The molecular formula is C22H29FN4O2. The van der Waals surface area contributed by atoms with E-state index >= 15 is 0 Å². The number of aryl methyl sites for hydroxylation is 2. The lowest BCUT2D eigenvalue weighted by Crippen LogP contribution is -2.50. The molecule has 0 aliphatic carbocycles. The van der Waals surface area contributed by atoms with Crippen LogP contribution < -0.4 is 0 Å². The van der Waals surface area contributed by atoms with Gasteiger partial charge in [0, 0.05) is 43.9 Å². The number of rotatable bonds is 5. The summed E-state index contributed by atoms with van der Waals surface area (Å²) in [7, 11) is 0. The molecular weight excluding hydrogens is 371 g/mol. The predicted octanol–water partition coefficient (Wildman–Crippen LogP) is 3.35. The first-order valence-corrected chi connectivity index (χ1v) is 10.2. The molecule has 0 bridgehead atoms. The molecule has 1 aliphatic heterocycles. The van der Waals surface area contributed by atoms with Crippen molar-refractivity contribution in [1.29, 1.82) is 0 Å². The largest absolute Gasteiger partial charge is 0.339 e. The summed E-state index contributed by atoms with van der Waals surface area (Å²) in [5.41, 5.74) is 2.28. The Labute approximate surface area is 171 Å². The summed E-state index contributed by atoms with van der Waals surface area (Å²) >= 11 is 0. The molecule has 29 heavy (non-hydrogen) atoms. The summed E-state index contributed by atoms with van der Waals surface area (Å²) in [5, 5.41) is 4.30. The highest BCUT2D eigenvalue weighted by molar-refractivity contribution is 5.94. The van der Waals surface area contributed by atoms with Gasteiger partial charge in [0.25, 0.3) is 5.91 Å². The Morgan fingerprint density at radius 3 is 2.28 bits per heavy atom. The number of piperazine rings is 1. The molecule has 0 atom stereocenters. The van der Waals surface area contributed by atoms with Crippen molar-refractivity contribution in [2.75, 3.05) is 26.2 Å². The Hall–Kier alpha value is -2.70. The van der Waals surface area contributed by atoms with Crippen molar-refractivity contribution in [3.8, 4) is 5.69 Å². The van der Waals surface area contributed by atoms with Gasteiger partial charge in [0.2, 0.25) is 5.91 Å². The van der Waals surface area contributed by atoms with E-state index in [1.807, 2.05) is 24.8 Å². The molecule has 7 heteroatoms. The van der Waals surface area contributed by atoms with E-state index in [1.165, 1.54) is 6.07 Å². The Kier molecular flexibility index (Phi) is 6.35. The molecule has 3 rings (SSSR count). The van der Waals surface area contributed by atoms with Gasteiger partial charge in [-0.3, -0.25) is 9.59 Å². The van der Waals surface area contributed by atoms with E-state index in [0.29, 0.717) is 49.8 Å². The van der Waals surface area contributed by atoms with Crippen LogP contribution >= 0.6 is 0 Å². The first kappa shape index (κ1) is 21.0. The Bertz CT molecular complexity index is 898. The zero-order chi connectivity index (χ0) is 21.1. The lowest BCUT2D eigenvalue weighted by atomic mass is 10.1. The normalized spacial score (nSPS) is 14.6. The smallest absolute Gasteiger partial charge is 0.254 e. The van der Waals surface area contributed by atoms with Crippen LogP contribution in [0.2, 0.25) is 0 Å². The predicted molar refractivity (Wildman–Crippen MR) is 110 cm³/mol. The fraction of sp³-hybridized carbons (Fsp3) is 0.500. The Morgan fingerprint density at radius 1 is 1.07 bits per heavy atom. The summed E-state index contributed by atoms with van der Waals surface area (Å²) < 4.78 is 16.2. The Balaban J connectivity index is 1.64. The maximum Gasteiger partial charge on any atom is 0.254 e. The van der Waals surface area contributed by atoms with E-state index < -0.39 is 5.82 Å². The van der Waals surface area contributed by atoms with Crippen LogP contribution in [0.1, 0.15) is 48.4 Å². The van der Waals surface area contributed by atoms with Gasteiger partial charge in [-0.25, -0.2) is 9.07 Å². The summed E-state index contributed by atoms with van der Waals surface area (Å²) in [6, 6.07) is 6.37. The minimum atomic E-state index is -0.482. The number of nitrogens with zero attached hydrogens (tertiary/aromatic N) is 4. The zero-order valence-electron chi connectivity index (χ0n) is 17.6. The zero-order valence-corrected chi connectivity index (χ0v) is 17.6. The average Bonchev–Trinajstić information content (AvgIpc) is 3.03. The van der Waals surface area contributed by atoms with Crippen molar-refractivity contribution in [1.82, 2.24) is 19.6 Å². The fourth-order valence-electron chi connectivity index (χ4n) is 3.60. The highest BCUT2D eigenvalue weighted by atomic mass is 19.1. The topological polar surface area (TPSA) is 58.4 Å². The van der Waals surface area contributed by atoms with Gasteiger partial charge in [-0.2, -0.15) is 5.10 Å². The minimum absolute atomic E-state index is 0.145. The van der Waals surface area contributed by atoms with Crippen LogP contribution in [0.4, 0.5) is 4.39 Å². The molecule has 0 spiro atoms. The molecule has 0 radical (unpaired) electrons. The number of hydrogen-bond donors (Lipinski definition) is 0. The summed E-state index contributed by atoms with van der Waals surface area (Å²) in [4.78, 5) is 28.6. The second-order valence-electron chi connectivity index (χ2n) is 8.11. The first-order chi connectivity index (χ1) is 13.8. The summed E-state index contributed by atoms with van der Waals surface area (Å²) in [6.45, 7) is 9.89. The number of carbonyl (C=O) groups is 2. The van der Waals surface area contributed by atoms with Crippen LogP contribution in [-0.4, -0.2) is 57.6 Å². The number of halogens is 1. The van der Waals surface area contributed by atoms with Crippen molar-refractivity contribution in [2.45, 2.75) is 40.5 Å². The molecule has 1 aromatic carbocycles. The van der Waals surface area contributed by atoms with E-state index in [4.69, 9.17) is 0 Å². The van der Waals surface area contributed by atoms with Gasteiger partial charge < -0.3 is 9.80 Å². The van der Waals surface area contributed by atoms with Gasteiger partial charge >= 0.3 is 0 Å². The van der Waals surface area contributed by atoms with Gasteiger partial charge in [0.15, 0.2) is 0 Å². The van der Waals surface area contributed by atoms with Gasteiger partial charge in [0.05, 0.1) is 5.69 Å². The molecule has 6 nitrogen and oxygen atoms in total. The molecule has 0 saturated carbocycles. The maximum atomic E-state index is 14.7. The number of carbonyl (C=O) groups excluding carboxylic acids is 2. The van der Waals surface area contributed by atoms with Crippen LogP contribution in [0, 0.1) is 25.6 Å². The van der Waals surface area contributed by atoms with E-state index in [-0.39, 0.29) is 11.8 Å². The Morgan fingerprint density at radius 2 is 1.72 bits per heavy atom. The molecule has 156 valence electrons. The number of benzene rings is 1. The highest BCUT2D eigenvalue weighted by Crippen LogP contribution is 2.19. The van der Waals surface area contributed by atoms with E-state index in [9.17, 15) is 14.0 Å². The van der Waals surface area contributed by atoms with E-state index in [1.54, 1.807) is 21.7 Å². The van der Waals surface area contributed by atoms with Crippen LogP contribution in [-0.2, 0) is 4.79 Å². The standard InChI is InChI=1S/C22H29FN4O2/c1-15(2)5-8-21(28)25-9-11-26(12-10-25)22(29)18-6-7-20(19(23)14-18)27-17(4)13-16(3)24-27/h6-7,13-15H,5,8-12H2,1-4H3. The van der Waals surface area contributed by atoms with Crippen LogP contribution in [0.3, 0.4) is 0 Å². The van der Waals surface area contributed by atoms with Crippen molar-refractivity contribution in [3.63, 3.8) is 0 Å². The quantitative estimate of drug-likeness (QED) is 0.773. The third kappa shape index (κ3) is 4.83. The molecule has 0 unspecified atom stereocenters. The second-order valence-corrected chi connectivity index (χ2v) is 8.11. The van der Waals surface area contributed by atoms with Gasteiger partial charge in [-0.1, -0.05) is 13.8 Å². The second kappa shape index (κ2) is 8.76. The lowest BCUT2D eigenvalue weighted by Gasteiger charge is -2.35. The molecule has 1 aromatic heterocycles. The highest BCUT2D eigenvalue weighted by Gasteiger charge is 2.25. The van der Waals surface area contributed by atoms with E-state index in [0.717, 1.165) is 17.8 Å². The van der Waals surface area contributed by atoms with Crippen molar-refractivity contribution >= 4 is 11.8 Å². The van der Waals surface area contributed by atoms with Crippen LogP contribution in [0.5, 0.6) is 0 Å². The monoisotopic (exact) mass is 400 g/mol. The number of aromatic nitrogens is 2. The van der Waals surface area contributed by atoms with Gasteiger partial charge in [-0.15, -0.1) is 0 Å². The van der Waals surface area contributed by atoms with Gasteiger partial charge in [0.1, 0.15) is 11.5 Å². The lowest BCUT2D eigenvalue weighted by molar-refractivity contribution is -0.132. The van der Waals surface area contributed by atoms with Crippen molar-refractivity contribution in [3.05, 3.63) is 47.0 Å². The molecule has 2 heterocycles. The third-order valence-electron chi connectivity index (χ3n) is 5.29. The molecule has 1 saturated heterocycles. The van der Waals surface area contributed by atoms with Crippen LogP contribution in [0.15, 0.2) is 24.3 Å². The van der Waals surface area contributed by atoms with Crippen LogP contribution in [0.25, 0.3) is 5.69 Å². The summed E-state index contributed by atoms with van der Waals surface area (Å²) in [6.07, 6.45) is 1.42. The van der Waals surface area contributed by atoms with Crippen molar-refractivity contribution in [2.24, 2.45) is 5.92 Å². The molecule has 0 N–H and O–H groups in total. The number of hydrogen-bond acceptors (Lipinski definition) is 3. The molecule has 2 amide bonds. The van der Waals surface area contributed by atoms with E-state index in [2.05, 4.69) is 18.9 Å². The molecule has 2 aromatic rings. The average molecular weight is 400 g/mol. The fourth-order valence-corrected chi connectivity index (χ4v) is 3.60. The maximum absolute atomic E-state index is 14.7. The SMILES string of the molecule is Cc1cc(C)n(-c2ccc(C(=O)N3CCN(C(=O)CCC(C)C)CC3)cc2F)n1. The third-order valence-corrected chi connectivity index (χ3v) is 5.29. The van der Waals surface area contributed by atoms with Gasteiger partial charge in [-0.05, 0) is 50.5 Å². The summed E-state index contributed by atoms with van der Waals surface area (Å²) in [5.74, 6) is -0.0529. The molecule has 1 fully saturated rings. The minimum Gasteiger partial charge on any atom is -0.339 e. The molecule has 1 aliphatic rings. The first-order valence-electron chi connectivity index (χ1n) is 10.2. The number of amides is 2.